The summed E-state index contributed by atoms with van der Waals surface area (Å²) < 4.78 is 18.5. The van der Waals surface area contributed by atoms with E-state index in [1.807, 2.05) is 31.2 Å². The highest BCUT2D eigenvalue weighted by Gasteiger charge is 2.12. The van der Waals surface area contributed by atoms with Crippen molar-refractivity contribution in [3.05, 3.63) is 59.4 Å². The Hall–Kier alpha value is -2.01. The molecule has 0 amide bonds. The summed E-state index contributed by atoms with van der Waals surface area (Å²) in [7, 11) is 0. The van der Waals surface area contributed by atoms with Gasteiger partial charge in [0.05, 0.1) is 6.61 Å². The van der Waals surface area contributed by atoms with Crippen molar-refractivity contribution in [2.75, 3.05) is 12.4 Å². The van der Waals surface area contributed by atoms with Crippen molar-refractivity contribution in [2.24, 2.45) is 0 Å². The lowest BCUT2D eigenvalue weighted by atomic mass is 10.2. The van der Waals surface area contributed by atoms with E-state index in [-0.39, 0.29) is 11.3 Å². The second-order valence-electron chi connectivity index (χ2n) is 4.46. The molecule has 0 aliphatic rings. The number of hydrogen-bond donors (Lipinski definition) is 1. The molecule has 0 atom stereocenters. The first-order chi connectivity index (χ1) is 10.1. The third-order valence-electron chi connectivity index (χ3n) is 2.80. The Labute approximate surface area is 126 Å². The van der Waals surface area contributed by atoms with Crippen LogP contribution < -0.4 is 4.74 Å². The second-order valence-corrected chi connectivity index (χ2v) is 5.62. The van der Waals surface area contributed by atoms with Crippen molar-refractivity contribution < 1.29 is 19.0 Å². The number of carbonyl (C=O) groups is 1. The molecule has 21 heavy (non-hydrogen) atoms. The van der Waals surface area contributed by atoms with E-state index in [2.05, 4.69) is 0 Å². The highest BCUT2D eigenvalue weighted by atomic mass is 32.2. The van der Waals surface area contributed by atoms with Gasteiger partial charge in [0.2, 0.25) is 0 Å². The van der Waals surface area contributed by atoms with Gasteiger partial charge < -0.3 is 9.84 Å². The van der Waals surface area contributed by atoms with E-state index in [0.717, 1.165) is 17.0 Å². The fraction of sp³-hybridized carbons (Fsp3) is 0.188. The van der Waals surface area contributed by atoms with Gasteiger partial charge in [-0.05, 0) is 31.2 Å². The Bertz CT molecular complexity index is 626. The lowest BCUT2D eigenvalue weighted by molar-refractivity contribution is 0.0692. The van der Waals surface area contributed by atoms with Crippen molar-refractivity contribution >= 4 is 17.7 Å². The van der Waals surface area contributed by atoms with E-state index in [4.69, 9.17) is 9.84 Å². The molecule has 2 rings (SSSR count). The Morgan fingerprint density at radius 2 is 1.95 bits per heavy atom. The minimum atomic E-state index is -1.13. The first-order valence-corrected chi connectivity index (χ1v) is 7.40. The molecule has 0 heterocycles. The largest absolute Gasteiger partial charge is 0.492 e. The Balaban J connectivity index is 1.90. The van der Waals surface area contributed by atoms with Gasteiger partial charge >= 0.3 is 5.97 Å². The SMILES string of the molecule is Cc1ccc(SCCOc2cc(F)ccc2C(=O)O)cc1. The summed E-state index contributed by atoms with van der Waals surface area (Å²) in [5.74, 6) is -0.928. The number of carboxylic acid groups (broad SMARTS) is 1. The van der Waals surface area contributed by atoms with Crippen LogP contribution in [0.3, 0.4) is 0 Å². The third kappa shape index (κ3) is 4.49. The Morgan fingerprint density at radius 1 is 1.24 bits per heavy atom. The standard InChI is InChI=1S/C16H15FO3S/c1-11-2-5-13(6-3-11)21-9-8-20-15-10-12(17)4-7-14(15)16(18)19/h2-7,10H,8-9H2,1H3,(H,18,19). The lowest BCUT2D eigenvalue weighted by Gasteiger charge is -2.09. The Kier molecular flexibility index (Phi) is 5.22. The topological polar surface area (TPSA) is 46.5 Å². The molecule has 0 unspecified atom stereocenters. The van der Waals surface area contributed by atoms with Crippen LogP contribution in [-0.2, 0) is 0 Å². The van der Waals surface area contributed by atoms with Crippen molar-refractivity contribution in [1.29, 1.82) is 0 Å². The molecular weight excluding hydrogens is 291 g/mol. The van der Waals surface area contributed by atoms with E-state index in [1.165, 1.54) is 11.6 Å². The van der Waals surface area contributed by atoms with E-state index >= 15 is 0 Å². The van der Waals surface area contributed by atoms with Gasteiger partial charge in [-0.25, -0.2) is 9.18 Å². The normalized spacial score (nSPS) is 10.4. The highest BCUT2D eigenvalue weighted by Crippen LogP contribution is 2.22. The van der Waals surface area contributed by atoms with Crippen LogP contribution in [0.1, 0.15) is 15.9 Å². The van der Waals surface area contributed by atoms with Crippen molar-refractivity contribution in [2.45, 2.75) is 11.8 Å². The quantitative estimate of drug-likeness (QED) is 0.647. The molecule has 0 bridgehead atoms. The number of ether oxygens (including phenoxy) is 1. The second kappa shape index (κ2) is 7.13. The predicted octanol–water partition coefficient (Wildman–Crippen LogP) is 4.00. The average Bonchev–Trinajstić information content (AvgIpc) is 2.45. The lowest BCUT2D eigenvalue weighted by Crippen LogP contribution is -2.06. The molecule has 5 heteroatoms. The molecule has 0 aliphatic carbocycles. The minimum absolute atomic E-state index is 0.0308. The molecule has 2 aromatic rings. The van der Waals surface area contributed by atoms with Crippen LogP contribution in [0.5, 0.6) is 5.75 Å². The molecule has 0 spiro atoms. The molecule has 110 valence electrons. The van der Waals surface area contributed by atoms with Crippen LogP contribution in [0.15, 0.2) is 47.4 Å². The fourth-order valence-corrected chi connectivity index (χ4v) is 2.47. The minimum Gasteiger partial charge on any atom is -0.492 e. The van der Waals surface area contributed by atoms with Gasteiger partial charge in [0.15, 0.2) is 0 Å². The first-order valence-electron chi connectivity index (χ1n) is 6.41. The van der Waals surface area contributed by atoms with Gasteiger partial charge in [0, 0.05) is 16.7 Å². The Morgan fingerprint density at radius 3 is 2.62 bits per heavy atom. The summed E-state index contributed by atoms with van der Waals surface area (Å²) in [4.78, 5) is 12.1. The van der Waals surface area contributed by atoms with Crippen molar-refractivity contribution in [3.63, 3.8) is 0 Å². The zero-order valence-corrected chi connectivity index (χ0v) is 12.3. The summed E-state index contributed by atoms with van der Waals surface area (Å²) in [6, 6.07) is 11.5. The molecule has 0 saturated heterocycles. The third-order valence-corrected chi connectivity index (χ3v) is 3.78. The van der Waals surface area contributed by atoms with Crippen molar-refractivity contribution in [3.8, 4) is 5.75 Å². The highest BCUT2D eigenvalue weighted by molar-refractivity contribution is 7.99. The molecule has 0 radical (unpaired) electrons. The fourth-order valence-electron chi connectivity index (χ4n) is 1.74. The first kappa shape index (κ1) is 15.4. The van der Waals surface area contributed by atoms with Crippen LogP contribution in [0.2, 0.25) is 0 Å². The number of benzene rings is 2. The van der Waals surface area contributed by atoms with Gasteiger partial charge in [0.1, 0.15) is 17.1 Å². The maximum Gasteiger partial charge on any atom is 0.339 e. The molecule has 1 N–H and O–H groups in total. The monoisotopic (exact) mass is 306 g/mol. The average molecular weight is 306 g/mol. The smallest absolute Gasteiger partial charge is 0.339 e. The molecule has 0 fully saturated rings. The molecule has 0 saturated carbocycles. The number of halogens is 1. The summed E-state index contributed by atoms with van der Waals surface area (Å²) in [5, 5.41) is 9.01. The van der Waals surface area contributed by atoms with E-state index < -0.39 is 11.8 Å². The van der Waals surface area contributed by atoms with E-state index in [9.17, 15) is 9.18 Å². The molecule has 3 nitrogen and oxygen atoms in total. The van der Waals surface area contributed by atoms with Crippen LogP contribution in [-0.4, -0.2) is 23.4 Å². The number of carboxylic acids is 1. The molecule has 0 aliphatic heterocycles. The zero-order chi connectivity index (χ0) is 15.2. The molecule has 2 aromatic carbocycles. The summed E-state index contributed by atoms with van der Waals surface area (Å²) in [5.41, 5.74) is 1.16. The number of rotatable bonds is 6. The van der Waals surface area contributed by atoms with Gasteiger partial charge in [-0.15, -0.1) is 11.8 Å². The summed E-state index contributed by atoms with van der Waals surface area (Å²) in [6.07, 6.45) is 0. The summed E-state index contributed by atoms with van der Waals surface area (Å²) >= 11 is 1.60. The van der Waals surface area contributed by atoms with E-state index in [1.54, 1.807) is 11.8 Å². The number of thioether (sulfide) groups is 1. The van der Waals surface area contributed by atoms with Crippen molar-refractivity contribution in [1.82, 2.24) is 0 Å². The molecule has 0 aromatic heterocycles. The van der Waals surface area contributed by atoms with Gasteiger partial charge in [-0.3, -0.25) is 0 Å². The van der Waals surface area contributed by atoms with Crippen LogP contribution in [0.4, 0.5) is 4.39 Å². The van der Waals surface area contributed by atoms with Gasteiger partial charge in [-0.2, -0.15) is 0 Å². The maximum absolute atomic E-state index is 13.1. The zero-order valence-electron chi connectivity index (χ0n) is 11.5. The van der Waals surface area contributed by atoms with E-state index in [0.29, 0.717) is 12.4 Å². The van der Waals surface area contributed by atoms with Crippen LogP contribution in [0.25, 0.3) is 0 Å². The maximum atomic E-state index is 13.1. The van der Waals surface area contributed by atoms with Gasteiger partial charge in [0.25, 0.3) is 0 Å². The summed E-state index contributed by atoms with van der Waals surface area (Å²) in [6.45, 7) is 2.33. The predicted molar refractivity (Wildman–Crippen MR) is 80.8 cm³/mol. The van der Waals surface area contributed by atoms with Gasteiger partial charge in [-0.1, -0.05) is 17.7 Å². The number of aromatic carboxylic acids is 1. The molecular formula is C16H15FO3S. The van der Waals surface area contributed by atoms with Crippen LogP contribution in [0, 0.1) is 12.7 Å². The number of hydrogen-bond acceptors (Lipinski definition) is 3. The van der Waals surface area contributed by atoms with Crippen LogP contribution >= 0.6 is 11.8 Å². The number of aryl methyl sites for hydroxylation is 1.